The van der Waals surface area contributed by atoms with E-state index in [1.165, 1.54) is 14.2 Å². The van der Waals surface area contributed by atoms with Crippen LogP contribution >= 0.6 is 23.4 Å². The fourth-order valence-electron chi connectivity index (χ4n) is 4.38. The summed E-state index contributed by atoms with van der Waals surface area (Å²) in [6, 6.07) is 24.0. The van der Waals surface area contributed by atoms with Crippen molar-refractivity contribution in [3.05, 3.63) is 88.9 Å². The largest absolute Gasteiger partial charge is 0.489 e. The first kappa shape index (κ1) is 32.8. The molecule has 0 aromatic heterocycles. The van der Waals surface area contributed by atoms with Gasteiger partial charge in [-0.25, -0.2) is 4.79 Å². The Bertz CT molecular complexity index is 1250. The Labute approximate surface area is 252 Å². The number of nitrogens with one attached hydrogen (secondary N) is 1. The molecule has 3 aromatic carbocycles. The van der Waals surface area contributed by atoms with Crippen LogP contribution in [0.25, 0.3) is 0 Å². The number of amides is 1. The van der Waals surface area contributed by atoms with E-state index in [9.17, 15) is 9.90 Å². The second-order valence-corrected chi connectivity index (χ2v) is 12.3. The van der Waals surface area contributed by atoms with Gasteiger partial charge in [0.05, 0.1) is 6.61 Å². The molecule has 0 saturated heterocycles. The molecule has 9 heteroatoms. The van der Waals surface area contributed by atoms with Crippen molar-refractivity contribution in [2.45, 2.75) is 73.9 Å². The van der Waals surface area contributed by atoms with Gasteiger partial charge in [-0.2, -0.15) is 0 Å². The maximum absolute atomic E-state index is 12.6. The van der Waals surface area contributed by atoms with E-state index >= 15 is 0 Å². The van der Waals surface area contributed by atoms with Crippen LogP contribution in [0.1, 0.15) is 44.7 Å². The number of ether oxygens (including phenoxy) is 4. The van der Waals surface area contributed by atoms with Gasteiger partial charge in [-0.3, -0.25) is 0 Å². The summed E-state index contributed by atoms with van der Waals surface area (Å²) in [4.78, 5) is 14.6. The number of aliphatic hydroxyl groups excluding tert-OH is 1. The van der Waals surface area contributed by atoms with Crippen LogP contribution in [0.2, 0.25) is 5.02 Å². The Hall–Kier alpha value is -2.75. The van der Waals surface area contributed by atoms with Crippen LogP contribution < -0.4 is 10.1 Å². The highest BCUT2D eigenvalue weighted by Gasteiger charge is 2.41. The third kappa shape index (κ3) is 10.2. The minimum absolute atomic E-state index is 0.373. The predicted octanol–water partition coefficient (Wildman–Crippen LogP) is 7.27. The molecule has 222 valence electrons. The van der Waals surface area contributed by atoms with Crippen molar-refractivity contribution in [1.29, 1.82) is 0 Å². The van der Waals surface area contributed by atoms with E-state index in [-0.39, 0.29) is 0 Å². The summed E-state index contributed by atoms with van der Waals surface area (Å²) in [5, 5.41) is 13.8. The summed E-state index contributed by atoms with van der Waals surface area (Å²) >= 11 is 8.28. The lowest BCUT2D eigenvalue weighted by atomic mass is 9.91. The topological polar surface area (TPSA) is 86.3 Å². The Kier molecular flexibility index (Phi) is 12.4. The van der Waals surface area contributed by atoms with E-state index in [2.05, 4.69) is 5.32 Å². The number of hydrogen-bond acceptors (Lipinski definition) is 7. The molecule has 0 radical (unpaired) electrons. The number of hydrogen-bond donors (Lipinski definition) is 2. The smallest absolute Gasteiger partial charge is 0.408 e. The van der Waals surface area contributed by atoms with Crippen molar-refractivity contribution < 1.29 is 28.8 Å². The van der Waals surface area contributed by atoms with Crippen LogP contribution in [0.3, 0.4) is 0 Å². The van der Waals surface area contributed by atoms with Crippen LogP contribution in [-0.4, -0.2) is 49.5 Å². The quantitative estimate of drug-likeness (QED) is 0.188. The zero-order valence-electron chi connectivity index (χ0n) is 24.3. The molecule has 3 rings (SSSR count). The van der Waals surface area contributed by atoms with Crippen molar-refractivity contribution in [3.8, 4) is 5.75 Å². The molecule has 0 aliphatic heterocycles. The summed E-state index contributed by atoms with van der Waals surface area (Å²) in [5.74, 6) is 0.805. The molecule has 0 bridgehead atoms. The summed E-state index contributed by atoms with van der Waals surface area (Å²) in [7, 11) is 2.93. The van der Waals surface area contributed by atoms with Gasteiger partial charge in [0.1, 0.15) is 23.5 Å². The van der Waals surface area contributed by atoms with Crippen molar-refractivity contribution in [3.63, 3.8) is 0 Å². The Morgan fingerprint density at radius 1 is 0.976 bits per heavy atom. The molecular formula is C32H40ClNO6S. The molecule has 1 amide bonds. The maximum atomic E-state index is 12.6. The molecule has 2 N–H and O–H groups in total. The first-order chi connectivity index (χ1) is 19.6. The molecular weight excluding hydrogens is 562 g/mol. The highest BCUT2D eigenvalue weighted by Crippen LogP contribution is 2.33. The van der Waals surface area contributed by atoms with Crippen molar-refractivity contribution in [2.24, 2.45) is 0 Å². The average molecular weight is 602 g/mol. The fraction of sp³-hybridized carbons (Fsp3) is 0.406. The predicted molar refractivity (Wildman–Crippen MR) is 163 cm³/mol. The summed E-state index contributed by atoms with van der Waals surface area (Å²) in [5.41, 5.74) is 0.197. The van der Waals surface area contributed by atoms with Gasteiger partial charge in [-0.15, -0.1) is 0 Å². The molecule has 3 aromatic rings. The molecule has 0 aliphatic carbocycles. The third-order valence-corrected chi connectivity index (χ3v) is 7.63. The van der Waals surface area contributed by atoms with Crippen LogP contribution in [-0.2, 0) is 27.2 Å². The molecule has 0 saturated carbocycles. The Balaban J connectivity index is 1.62. The van der Waals surface area contributed by atoms with Crippen molar-refractivity contribution in [1.82, 2.24) is 5.32 Å². The second kappa shape index (κ2) is 15.5. The molecule has 1 unspecified atom stereocenters. The summed E-state index contributed by atoms with van der Waals surface area (Å²) in [6.45, 7) is 5.44. The van der Waals surface area contributed by atoms with Crippen molar-refractivity contribution in [2.75, 3.05) is 20.8 Å². The summed E-state index contributed by atoms with van der Waals surface area (Å²) < 4.78 is 22.3. The highest BCUT2D eigenvalue weighted by atomic mass is 35.5. The molecule has 0 aliphatic rings. The fourth-order valence-corrected chi connectivity index (χ4v) is 5.63. The lowest BCUT2D eigenvalue weighted by Crippen LogP contribution is -2.61. The average Bonchev–Trinajstić information content (AvgIpc) is 2.93. The molecule has 41 heavy (non-hydrogen) atoms. The van der Waals surface area contributed by atoms with Crippen molar-refractivity contribution >= 4 is 29.5 Å². The number of methoxy groups -OCH3 is 2. The molecule has 7 nitrogen and oxygen atoms in total. The van der Waals surface area contributed by atoms with E-state index in [1.807, 2.05) is 72.8 Å². The first-order valence-electron chi connectivity index (χ1n) is 13.5. The maximum Gasteiger partial charge on any atom is 0.408 e. The normalized spacial score (nSPS) is 13.1. The first-order valence-corrected chi connectivity index (χ1v) is 14.7. The molecule has 0 heterocycles. The number of rotatable bonds is 14. The minimum atomic E-state index is -1.19. The number of aryl methyl sites for hydroxylation is 1. The van der Waals surface area contributed by atoms with E-state index in [0.29, 0.717) is 30.9 Å². The number of aliphatic hydroxyl groups is 1. The minimum Gasteiger partial charge on any atom is -0.489 e. The number of carbonyl (C=O) groups is 1. The van der Waals surface area contributed by atoms with E-state index < -0.39 is 30.1 Å². The Morgan fingerprint density at radius 3 is 2.32 bits per heavy atom. The standard InChI is InChI=1S/C32H40ClNO6S/c1-31(2,3)40-30(36)34-32(22-35,29(37-4)38-5)18-10-13-24-16-17-27(20-28(24)33)41-26-15-9-14-25(19-26)39-21-23-11-7-6-8-12-23/h6-9,11-12,14-17,19-20,29,35H,10,13,18,21-22H2,1-5H3,(H,34,36). The lowest BCUT2D eigenvalue weighted by molar-refractivity contribution is -0.167. The number of halogens is 1. The van der Waals surface area contributed by atoms with Gasteiger partial charge in [0, 0.05) is 29.0 Å². The van der Waals surface area contributed by atoms with Gasteiger partial charge in [0.15, 0.2) is 6.29 Å². The monoisotopic (exact) mass is 601 g/mol. The van der Waals surface area contributed by atoms with Gasteiger partial charge < -0.3 is 29.4 Å². The van der Waals surface area contributed by atoms with Gasteiger partial charge >= 0.3 is 6.09 Å². The van der Waals surface area contributed by atoms with Gasteiger partial charge in [-0.05, 0) is 81.5 Å². The summed E-state index contributed by atoms with van der Waals surface area (Å²) in [6.07, 6.45) is 0.0793. The van der Waals surface area contributed by atoms with Gasteiger partial charge in [0.2, 0.25) is 0 Å². The van der Waals surface area contributed by atoms with E-state index in [4.69, 9.17) is 30.5 Å². The number of alkyl carbamates (subject to hydrolysis) is 1. The van der Waals surface area contributed by atoms with Crippen LogP contribution in [0.15, 0.2) is 82.6 Å². The zero-order chi connectivity index (χ0) is 29.9. The number of carbonyl (C=O) groups excluding carboxylic acids is 1. The lowest BCUT2D eigenvalue weighted by Gasteiger charge is -2.38. The number of benzene rings is 3. The van der Waals surface area contributed by atoms with Crippen LogP contribution in [0.4, 0.5) is 4.79 Å². The van der Waals surface area contributed by atoms with E-state index in [1.54, 1.807) is 32.5 Å². The van der Waals surface area contributed by atoms with E-state index in [0.717, 1.165) is 26.7 Å². The third-order valence-electron chi connectivity index (χ3n) is 6.29. The SMILES string of the molecule is COC(OC)C(CO)(CCCc1ccc(Sc2cccc(OCc3ccccc3)c2)cc1Cl)NC(=O)OC(C)(C)C. The van der Waals surface area contributed by atoms with Crippen LogP contribution in [0, 0.1) is 0 Å². The second-order valence-electron chi connectivity index (χ2n) is 10.7. The highest BCUT2D eigenvalue weighted by molar-refractivity contribution is 7.99. The molecule has 0 spiro atoms. The zero-order valence-corrected chi connectivity index (χ0v) is 25.9. The van der Waals surface area contributed by atoms with Gasteiger partial charge in [0.25, 0.3) is 0 Å². The Morgan fingerprint density at radius 2 is 1.68 bits per heavy atom. The molecule has 0 fully saturated rings. The molecule has 1 atom stereocenters. The van der Waals surface area contributed by atoms with Gasteiger partial charge in [-0.1, -0.05) is 65.8 Å². The van der Waals surface area contributed by atoms with Crippen LogP contribution in [0.5, 0.6) is 5.75 Å².